The van der Waals surface area contributed by atoms with Crippen LogP contribution in [0.3, 0.4) is 0 Å². The van der Waals surface area contributed by atoms with Gasteiger partial charge in [0.05, 0.1) is 18.1 Å². The maximum atomic E-state index is 9.02. The smallest absolute Gasteiger partial charge is 0.0944 e. The van der Waals surface area contributed by atoms with Crippen LogP contribution in [0.1, 0.15) is 13.3 Å². The Morgan fingerprint density at radius 1 is 1.43 bits per heavy atom. The van der Waals surface area contributed by atoms with Crippen LogP contribution in [0.5, 0.6) is 0 Å². The van der Waals surface area contributed by atoms with E-state index in [4.69, 9.17) is 10.5 Å². The fraction of sp³-hybridized carbons (Fsp3) is 0.667. The van der Waals surface area contributed by atoms with Crippen LogP contribution < -0.4 is 0 Å². The number of fused-ring (bicyclic) bond motifs is 1. The molecule has 0 aromatic carbocycles. The lowest BCUT2D eigenvalue weighted by Crippen LogP contribution is -2.37. The van der Waals surface area contributed by atoms with E-state index >= 15 is 0 Å². The molecule has 3 saturated carbocycles. The summed E-state index contributed by atoms with van der Waals surface area (Å²) >= 11 is 0. The molecular weight excluding hydrogens is 172 g/mol. The van der Waals surface area contributed by atoms with Gasteiger partial charge in [-0.25, -0.2) is 0 Å². The zero-order valence-corrected chi connectivity index (χ0v) is 8.20. The van der Waals surface area contributed by atoms with E-state index in [-0.39, 0.29) is 5.92 Å². The average molecular weight is 184 g/mol. The normalized spacial score (nSPS) is 56.4. The maximum Gasteiger partial charge on any atom is 0.0944 e. The van der Waals surface area contributed by atoms with Crippen LogP contribution in [0.25, 0.3) is 0 Å². The molecule has 0 radical (unpaired) electrons. The van der Waals surface area contributed by atoms with Gasteiger partial charge < -0.3 is 0 Å². The molecule has 3 fully saturated rings. The zero-order chi connectivity index (χ0) is 10.1. The Kier molecular flexibility index (Phi) is 1.17. The second-order valence-corrected chi connectivity index (χ2v) is 5.24. The summed E-state index contributed by atoms with van der Waals surface area (Å²) in [7, 11) is 0. The highest BCUT2D eigenvalue weighted by Crippen LogP contribution is 2.85. The molecular formula is C12H12N2. The Labute approximate surface area is 83.8 Å². The number of hydrogen-bond donors (Lipinski definition) is 0. The third-order valence-electron chi connectivity index (χ3n) is 4.85. The largest absolute Gasteiger partial charge is 0.198 e. The molecule has 6 atom stereocenters. The van der Waals surface area contributed by atoms with Gasteiger partial charge in [0.25, 0.3) is 0 Å². The van der Waals surface area contributed by atoms with Crippen molar-refractivity contribution in [3.8, 4) is 12.1 Å². The molecule has 3 aliphatic carbocycles. The lowest BCUT2D eigenvalue weighted by molar-refractivity contribution is 0.133. The van der Waals surface area contributed by atoms with Crippen molar-refractivity contribution in [3.63, 3.8) is 0 Å². The van der Waals surface area contributed by atoms with E-state index in [1.54, 1.807) is 0 Å². The Bertz CT molecular complexity index is 411. The predicted molar refractivity (Wildman–Crippen MR) is 50.5 cm³/mol. The van der Waals surface area contributed by atoms with Crippen molar-refractivity contribution in [3.05, 3.63) is 12.2 Å². The van der Waals surface area contributed by atoms with E-state index < -0.39 is 0 Å². The first-order valence-electron chi connectivity index (χ1n) is 5.13. The van der Waals surface area contributed by atoms with Crippen molar-refractivity contribution in [1.82, 2.24) is 0 Å². The summed E-state index contributed by atoms with van der Waals surface area (Å²) in [6, 6.07) is 4.56. The van der Waals surface area contributed by atoms with E-state index in [0.717, 1.165) is 12.3 Å². The highest BCUT2D eigenvalue weighted by atomic mass is 14.8. The monoisotopic (exact) mass is 184 g/mol. The summed E-state index contributed by atoms with van der Waals surface area (Å²) in [4.78, 5) is 0. The molecule has 2 heteroatoms. The minimum absolute atomic E-state index is 0.185. The van der Waals surface area contributed by atoms with Gasteiger partial charge in [0.2, 0.25) is 0 Å². The molecule has 0 bridgehead atoms. The third kappa shape index (κ3) is 0.582. The van der Waals surface area contributed by atoms with Crippen LogP contribution >= 0.6 is 0 Å². The molecule has 0 aromatic heterocycles. The fourth-order valence-electron chi connectivity index (χ4n) is 4.31. The Hall–Kier alpha value is -1.28. The number of allylic oxidation sites excluding steroid dienone is 1. The lowest BCUT2D eigenvalue weighted by atomic mass is 9.63. The number of hydrogen-bond acceptors (Lipinski definition) is 2. The topological polar surface area (TPSA) is 47.6 Å². The molecule has 0 N–H and O–H groups in total. The molecule has 0 aliphatic heterocycles. The van der Waals surface area contributed by atoms with Crippen LogP contribution in [0.15, 0.2) is 12.2 Å². The van der Waals surface area contributed by atoms with E-state index in [2.05, 4.69) is 25.6 Å². The van der Waals surface area contributed by atoms with Gasteiger partial charge in [-0.05, 0) is 29.6 Å². The number of nitriles is 2. The van der Waals surface area contributed by atoms with Gasteiger partial charge >= 0.3 is 0 Å². The zero-order valence-electron chi connectivity index (χ0n) is 8.20. The van der Waals surface area contributed by atoms with Crippen molar-refractivity contribution in [2.24, 2.45) is 35.0 Å². The summed E-state index contributed by atoms with van der Waals surface area (Å²) in [5.41, 5.74) is 1.09. The van der Waals surface area contributed by atoms with E-state index in [0.29, 0.717) is 28.7 Å². The van der Waals surface area contributed by atoms with Crippen molar-refractivity contribution < 1.29 is 0 Å². The minimum atomic E-state index is 0.185. The van der Waals surface area contributed by atoms with Gasteiger partial charge in [-0.15, -0.1) is 0 Å². The molecule has 0 saturated heterocycles. The molecule has 70 valence electrons. The van der Waals surface area contributed by atoms with Crippen molar-refractivity contribution in [2.75, 3.05) is 0 Å². The lowest BCUT2D eigenvalue weighted by Gasteiger charge is -2.38. The summed E-state index contributed by atoms with van der Waals surface area (Å²) in [6.45, 7) is 6.10. The molecule has 0 spiro atoms. The molecule has 6 unspecified atom stereocenters. The van der Waals surface area contributed by atoms with E-state index in [1.165, 1.54) is 0 Å². The van der Waals surface area contributed by atoms with Gasteiger partial charge in [-0.3, -0.25) is 0 Å². The second-order valence-electron chi connectivity index (χ2n) is 5.24. The summed E-state index contributed by atoms with van der Waals surface area (Å²) < 4.78 is 0. The minimum Gasteiger partial charge on any atom is -0.198 e. The van der Waals surface area contributed by atoms with Crippen LogP contribution in [-0.4, -0.2) is 0 Å². The third-order valence-corrected chi connectivity index (χ3v) is 4.85. The molecule has 3 aliphatic rings. The van der Waals surface area contributed by atoms with Gasteiger partial charge in [0.15, 0.2) is 0 Å². The highest BCUT2D eigenvalue weighted by molar-refractivity contribution is 5.40. The number of rotatable bonds is 1. The predicted octanol–water partition coefficient (Wildman–Crippen LogP) is 2.11. The number of nitrogens with zero attached hydrogens (tertiary/aromatic N) is 2. The molecule has 14 heavy (non-hydrogen) atoms. The maximum absolute atomic E-state index is 9.02. The van der Waals surface area contributed by atoms with Gasteiger partial charge in [0, 0.05) is 11.5 Å². The van der Waals surface area contributed by atoms with Gasteiger partial charge in [-0.1, -0.05) is 13.5 Å². The Balaban J connectivity index is 1.93. The summed E-state index contributed by atoms with van der Waals surface area (Å²) in [5.74, 6) is 2.41. The summed E-state index contributed by atoms with van der Waals surface area (Å²) in [5, 5.41) is 17.9. The first kappa shape index (κ1) is 8.06. The SMILES string of the molecule is C=C(C#N)C1C2C(C#N)CC3(C)C1C23. The first-order chi connectivity index (χ1) is 6.65. The second kappa shape index (κ2) is 2.04. The van der Waals surface area contributed by atoms with E-state index in [9.17, 15) is 0 Å². The van der Waals surface area contributed by atoms with Gasteiger partial charge in [0.1, 0.15) is 0 Å². The quantitative estimate of drug-likeness (QED) is 0.586. The van der Waals surface area contributed by atoms with Crippen LogP contribution in [0.4, 0.5) is 0 Å². The first-order valence-corrected chi connectivity index (χ1v) is 5.13. The fourth-order valence-corrected chi connectivity index (χ4v) is 4.31. The molecule has 0 heterocycles. The Morgan fingerprint density at radius 2 is 2.14 bits per heavy atom. The van der Waals surface area contributed by atoms with Gasteiger partial charge in [-0.2, -0.15) is 10.5 Å². The van der Waals surface area contributed by atoms with Crippen molar-refractivity contribution >= 4 is 0 Å². The van der Waals surface area contributed by atoms with E-state index in [1.807, 2.05) is 0 Å². The average Bonchev–Trinajstić information content (AvgIpc) is 2.52. The van der Waals surface area contributed by atoms with Crippen molar-refractivity contribution in [2.45, 2.75) is 13.3 Å². The van der Waals surface area contributed by atoms with Crippen LogP contribution in [-0.2, 0) is 0 Å². The molecule has 0 aromatic rings. The molecule has 0 amide bonds. The summed E-state index contributed by atoms with van der Waals surface area (Å²) in [6.07, 6.45) is 1.05. The standard InChI is InChI=1S/C12H12N2/c1-6(4-13)8-9-7(5-14)3-12(2)10(8)11(9)12/h7-11H,1,3H2,2H3. The molecule has 3 rings (SSSR count). The highest BCUT2D eigenvalue weighted by Gasteiger charge is 2.82. The van der Waals surface area contributed by atoms with Crippen LogP contribution in [0.2, 0.25) is 0 Å². The van der Waals surface area contributed by atoms with Crippen molar-refractivity contribution in [1.29, 1.82) is 10.5 Å². The van der Waals surface area contributed by atoms with Crippen LogP contribution in [0, 0.1) is 57.7 Å². The molecule has 2 nitrogen and oxygen atoms in total. The Morgan fingerprint density at radius 3 is 2.64 bits per heavy atom.